The highest BCUT2D eigenvalue weighted by molar-refractivity contribution is 7.89. The van der Waals surface area contributed by atoms with Crippen LogP contribution in [0.3, 0.4) is 0 Å². The SMILES string of the molecule is COCCS(=O)(=O)NC1CNCCC1c1ccc(F)c(F)c1. The second-order valence-corrected chi connectivity index (χ2v) is 7.18. The molecule has 5 nitrogen and oxygen atoms in total. The summed E-state index contributed by atoms with van der Waals surface area (Å²) in [6.45, 7) is 1.24. The Morgan fingerprint density at radius 3 is 2.82 bits per heavy atom. The van der Waals surface area contributed by atoms with Gasteiger partial charge in [-0.05, 0) is 30.7 Å². The lowest BCUT2D eigenvalue weighted by Crippen LogP contribution is -2.50. The first kappa shape index (κ1) is 17.3. The monoisotopic (exact) mass is 334 g/mol. The summed E-state index contributed by atoms with van der Waals surface area (Å²) in [7, 11) is -2.05. The van der Waals surface area contributed by atoms with Crippen LogP contribution in [-0.2, 0) is 14.8 Å². The van der Waals surface area contributed by atoms with Gasteiger partial charge >= 0.3 is 0 Å². The fourth-order valence-electron chi connectivity index (χ4n) is 2.61. The molecule has 1 heterocycles. The van der Waals surface area contributed by atoms with Crippen LogP contribution in [0.5, 0.6) is 0 Å². The molecule has 8 heteroatoms. The number of piperidine rings is 1. The molecule has 124 valence electrons. The normalized spacial score (nSPS) is 22.7. The van der Waals surface area contributed by atoms with Crippen molar-refractivity contribution in [3.63, 3.8) is 0 Å². The van der Waals surface area contributed by atoms with E-state index in [1.54, 1.807) is 0 Å². The molecule has 0 amide bonds. The van der Waals surface area contributed by atoms with Crippen molar-refractivity contribution in [2.45, 2.75) is 18.4 Å². The van der Waals surface area contributed by atoms with E-state index in [1.165, 1.54) is 13.2 Å². The standard InChI is InChI=1S/C14H20F2N2O3S/c1-21-6-7-22(19,20)18-14-9-17-5-4-11(14)10-2-3-12(15)13(16)8-10/h2-3,8,11,14,17-18H,4-7,9H2,1H3. The molecule has 1 aromatic rings. The number of sulfonamides is 1. The van der Waals surface area contributed by atoms with E-state index in [2.05, 4.69) is 10.0 Å². The van der Waals surface area contributed by atoms with Gasteiger partial charge in [0.25, 0.3) is 0 Å². The van der Waals surface area contributed by atoms with E-state index in [-0.39, 0.29) is 18.3 Å². The summed E-state index contributed by atoms with van der Waals surface area (Å²) in [4.78, 5) is 0. The number of hydrogen-bond donors (Lipinski definition) is 2. The third-order valence-electron chi connectivity index (χ3n) is 3.74. The largest absolute Gasteiger partial charge is 0.384 e. The molecule has 1 saturated heterocycles. The Bertz CT molecular complexity index is 610. The summed E-state index contributed by atoms with van der Waals surface area (Å²) >= 11 is 0. The second kappa shape index (κ2) is 7.45. The van der Waals surface area contributed by atoms with E-state index in [0.717, 1.165) is 12.1 Å². The van der Waals surface area contributed by atoms with E-state index in [0.29, 0.717) is 25.1 Å². The molecule has 2 atom stereocenters. The van der Waals surface area contributed by atoms with Crippen LogP contribution in [0.25, 0.3) is 0 Å². The predicted molar refractivity (Wildman–Crippen MR) is 79.2 cm³/mol. The van der Waals surface area contributed by atoms with Crippen LogP contribution < -0.4 is 10.0 Å². The number of methoxy groups -OCH3 is 1. The zero-order valence-electron chi connectivity index (χ0n) is 12.3. The van der Waals surface area contributed by atoms with Crippen molar-refractivity contribution >= 4 is 10.0 Å². The lowest BCUT2D eigenvalue weighted by atomic mass is 9.86. The molecule has 1 aromatic carbocycles. The van der Waals surface area contributed by atoms with Crippen molar-refractivity contribution < 1.29 is 21.9 Å². The summed E-state index contributed by atoms with van der Waals surface area (Å²) in [5.41, 5.74) is 0.597. The molecular weight excluding hydrogens is 314 g/mol. The van der Waals surface area contributed by atoms with Crippen molar-refractivity contribution in [3.05, 3.63) is 35.4 Å². The van der Waals surface area contributed by atoms with Crippen LogP contribution in [0.15, 0.2) is 18.2 Å². The van der Waals surface area contributed by atoms with E-state index >= 15 is 0 Å². The summed E-state index contributed by atoms with van der Waals surface area (Å²) in [6.07, 6.45) is 0.641. The zero-order valence-corrected chi connectivity index (χ0v) is 13.1. The van der Waals surface area contributed by atoms with Crippen LogP contribution in [0.4, 0.5) is 8.78 Å². The highest BCUT2D eigenvalue weighted by Gasteiger charge is 2.30. The second-order valence-electron chi connectivity index (χ2n) is 5.31. The van der Waals surface area contributed by atoms with E-state index in [9.17, 15) is 17.2 Å². The molecule has 0 aliphatic carbocycles. The lowest BCUT2D eigenvalue weighted by molar-refractivity contribution is 0.216. The van der Waals surface area contributed by atoms with Crippen LogP contribution in [-0.4, -0.2) is 47.0 Å². The predicted octanol–water partition coefficient (Wildman–Crippen LogP) is 0.976. The first-order valence-corrected chi connectivity index (χ1v) is 8.73. The summed E-state index contributed by atoms with van der Waals surface area (Å²) < 4.78 is 57.9. The van der Waals surface area contributed by atoms with Gasteiger partial charge in [0.15, 0.2) is 11.6 Å². The van der Waals surface area contributed by atoms with E-state index in [1.807, 2.05) is 0 Å². The summed E-state index contributed by atoms with van der Waals surface area (Å²) in [5, 5.41) is 3.11. The average Bonchev–Trinajstić information content (AvgIpc) is 2.48. The van der Waals surface area contributed by atoms with Crippen molar-refractivity contribution in [1.82, 2.24) is 10.0 Å². The number of halogens is 2. The van der Waals surface area contributed by atoms with Gasteiger partial charge in [0, 0.05) is 25.6 Å². The molecule has 0 bridgehead atoms. The topological polar surface area (TPSA) is 67.4 Å². The highest BCUT2D eigenvalue weighted by atomic mass is 32.2. The first-order valence-electron chi connectivity index (χ1n) is 7.07. The third kappa shape index (κ3) is 4.45. The van der Waals surface area contributed by atoms with Crippen molar-refractivity contribution in [2.24, 2.45) is 0 Å². The van der Waals surface area contributed by atoms with Crippen molar-refractivity contribution in [2.75, 3.05) is 32.6 Å². The fraction of sp³-hybridized carbons (Fsp3) is 0.571. The molecule has 2 N–H and O–H groups in total. The molecule has 0 radical (unpaired) electrons. The Morgan fingerprint density at radius 1 is 1.36 bits per heavy atom. The fourth-order valence-corrected chi connectivity index (χ4v) is 3.82. The van der Waals surface area contributed by atoms with Crippen molar-refractivity contribution in [1.29, 1.82) is 0 Å². The maximum Gasteiger partial charge on any atom is 0.214 e. The number of hydrogen-bond acceptors (Lipinski definition) is 4. The maximum absolute atomic E-state index is 13.4. The average molecular weight is 334 g/mol. The Labute approximate surface area is 129 Å². The van der Waals surface area contributed by atoms with Crippen LogP contribution in [0, 0.1) is 11.6 Å². The lowest BCUT2D eigenvalue weighted by Gasteiger charge is -2.33. The molecule has 0 saturated carbocycles. The molecule has 2 rings (SSSR count). The number of benzene rings is 1. The molecule has 22 heavy (non-hydrogen) atoms. The van der Waals surface area contributed by atoms with Crippen molar-refractivity contribution in [3.8, 4) is 0 Å². The van der Waals surface area contributed by atoms with Gasteiger partial charge in [0.1, 0.15) is 0 Å². The minimum atomic E-state index is -3.49. The minimum Gasteiger partial charge on any atom is -0.384 e. The van der Waals surface area contributed by atoms with Crippen LogP contribution >= 0.6 is 0 Å². The molecule has 1 fully saturated rings. The molecule has 1 aliphatic heterocycles. The Hall–Kier alpha value is -1.09. The van der Waals surface area contributed by atoms with Gasteiger partial charge in [0.2, 0.25) is 10.0 Å². The molecule has 0 spiro atoms. The molecule has 1 aliphatic rings. The zero-order chi connectivity index (χ0) is 16.2. The Morgan fingerprint density at radius 2 is 2.14 bits per heavy atom. The van der Waals surface area contributed by atoms with Gasteiger partial charge in [-0.1, -0.05) is 6.07 Å². The minimum absolute atomic E-state index is 0.103. The highest BCUT2D eigenvalue weighted by Crippen LogP contribution is 2.27. The number of ether oxygens (including phenoxy) is 1. The summed E-state index contributed by atoms with van der Waals surface area (Å²) in [5.74, 6) is -2.16. The number of nitrogens with one attached hydrogen (secondary N) is 2. The summed E-state index contributed by atoms with van der Waals surface area (Å²) in [6, 6.07) is 3.32. The van der Waals surface area contributed by atoms with Gasteiger partial charge < -0.3 is 10.1 Å². The van der Waals surface area contributed by atoms with Gasteiger partial charge in [-0.15, -0.1) is 0 Å². The van der Waals surface area contributed by atoms with Crippen LogP contribution in [0.1, 0.15) is 17.9 Å². The molecular formula is C14H20F2N2O3S. The smallest absolute Gasteiger partial charge is 0.214 e. The Balaban J connectivity index is 2.16. The third-order valence-corrected chi connectivity index (χ3v) is 5.11. The van der Waals surface area contributed by atoms with E-state index < -0.39 is 27.7 Å². The van der Waals surface area contributed by atoms with E-state index in [4.69, 9.17) is 4.74 Å². The molecule has 2 unspecified atom stereocenters. The molecule has 0 aromatic heterocycles. The van der Waals surface area contributed by atoms with Gasteiger partial charge in [-0.2, -0.15) is 0 Å². The van der Waals surface area contributed by atoms with Gasteiger partial charge in [-0.3, -0.25) is 0 Å². The van der Waals surface area contributed by atoms with Crippen LogP contribution in [0.2, 0.25) is 0 Å². The van der Waals surface area contributed by atoms with Gasteiger partial charge in [0.05, 0.1) is 12.4 Å². The Kier molecular flexibility index (Phi) is 5.85. The quantitative estimate of drug-likeness (QED) is 0.814. The van der Waals surface area contributed by atoms with Gasteiger partial charge in [-0.25, -0.2) is 21.9 Å². The first-order chi connectivity index (χ1) is 10.4. The number of rotatable bonds is 6. The maximum atomic E-state index is 13.4.